The molecule has 0 aromatic heterocycles. The first-order chi connectivity index (χ1) is 5.77. The SMILES string of the molecule is CNCCCNCCS[P](=O)O. The lowest BCUT2D eigenvalue weighted by Crippen LogP contribution is -2.21. The topological polar surface area (TPSA) is 61.4 Å². The highest BCUT2D eigenvalue weighted by Crippen LogP contribution is 2.31. The molecule has 0 amide bonds. The fourth-order valence-electron chi connectivity index (χ4n) is 0.711. The maximum Gasteiger partial charge on any atom is 0.274 e. The fraction of sp³-hybridized carbons (Fsp3) is 1.00. The summed E-state index contributed by atoms with van der Waals surface area (Å²) in [7, 11) is -0.0909. The summed E-state index contributed by atoms with van der Waals surface area (Å²) >= 11 is 1.08. The van der Waals surface area contributed by atoms with Gasteiger partial charge in [0.1, 0.15) is 0 Å². The first-order valence-electron chi connectivity index (χ1n) is 3.91. The lowest BCUT2D eigenvalue weighted by atomic mass is 10.4. The molecule has 0 rings (SSSR count). The molecule has 12 heavy (non-hydrogen) atoms. The van der Waals surface area contributed by atoms with Crippen LogP contribution in [0.1, 0.15) is 6.42 Å². The van der Waals surface area contributed by atoms with Crippen LogP contribution in [0.5, 0.6) is 0 Å². The zero-order chi connectivity index (χ0) is 9.23. The van der Waals surface area contributed by atoms with Gasteiger partial charge in [0.15, 0.2) is 0 Å². The van der Waals surface area contributed by atoms with Crippen LogP contribution in [0.25, 0.3) is 0 Å². The minimum Gasteiger partial charge on any atom is -0.320 e. The Morgan fingerprint density at radius 3 is 2.75 bits per heavy atom. The molecule has 6 heteroatoms. The van der Waals surface area contributed by atoms with Crippen LogP contribution in [0, 0.1) is 0 Å². The van der Waals surface area contributed by atoms with Crippen LogP contribution in [-0.4, -0.2) is 37.3 Å². The second-order valence-electron chi connectivity index (χ2n) is 2.28. The molecule has 0 aliphatic carbocycles. The fourth-order valence-corrected chi connectivity index (χ4v) is 1.85. The van der Waals surface area contributed by atoms with Gasteiger partial charge in [-0.3, -0.25) is 0 Å². The number of nitrogens with one attached hydrogen (secondary N) is 2. The molecule has 1 radical (unpaired) electrons. The predicted molar refractivity (Wildman–Crippen MR) is 53.7 cm³/mol. The Morgan fingerprint density at radius 2 is 2.17 bits per heavy atom. The molecular formula is C6H16N2O2PS. The van der Waals surface area contributed by atoms with Gasteiger partial charge in [0.25, 0.3) is 7.23 Å². The van der Waals surface area contributed by atoms with E-state index in [2.05, 4.69) is 10.6 Å². The summed E-state index contributed by atoms with van der Waals surface area (Å²) in [6.45, 7) is 2.77. The van der Waals surface area contributed by atoms with E-state index >= 15 is 0 Å². The minimum atomic E-state index is -2.01. The van der Waals surface area contributed by atoms with Crippen molar-refractivity contribution in [3.63, 3.8) is 0 Å². The number of rotatable bonds is 8. The standard InChI is InChI=1S/C6H16N2O2PS/c1-7-3-2-4-8-5-6-12-11(9)10/h7-8H,2-6H2,1H3,(H,9,10). The average Bonchev–Trinajstić information content (AvgIpc) is 2.02. The van der Waals surface area contributed by atoms with E-state index < -0.39 is 7.23 Å². The van der Waals surface area contributed by atoms with Crippen molar-refractivity contribution in [1.29, 1.82) is 0 Å². The van der Waals surface area contributed by atoms with Gasteiger partial charge in [0, 0.05) is 12.3 Å². The largest absolute Gasteiger partial charge is 0.320 e. The van der Waals surface area contributed by atoms with Gasteiger partial charge in [-0.25, -0.2) is 4.57 Å². The molecule has 0 aliphatic rings. The zero-order valence-electron chi connectivity index (χ0n) is 7.25. The lowest BCUT2D eigenvalue weighted by molar-refractivity contribution is 0.519. The van der Waals surface area contributed by atoms with Crippen LogP contribution >= 0.6 is 18.6 Å². The van der Waals surface area contributed by atoms with Crippen LogP contribution in [0.2, 0.25) is 0 Å². The monoisotopic (exact) mass is 211 g/mol. The highest BCUT2D eigenvalue weighted by molar-refractivity contribution is 8.50. The summed E-state index contributed by atoms with van der Waals surface area (Å²) in [6.07, 6.45) is 1.09. The molecule has 0 aromatic carbocycles. The second-order valence-corrected chi connectivity index (χ2v) is 5.13. The van der Waals surface area contributed by atoms with Crippen molar-refractivity contribution < 1.29 is 9.46 Å². The van der Waals surface area contributed by atoms with E-state index in [1.807, 2.05) is 7.05 Å². The number of hydrogen-bond acceptors (Lipinski definition) is 4. The van der Waals surface area contributed by atoms with Gasteiger partial charge < -0.3 is 15.5 Å². The molecular weight excluding hydrogens is 195 g/mol. The van der Waals surface area contributed by atoms with Crippen molar-refractivity contribution in [2.45, 2.75) is 6.42 Å². The predicted octanol–water partition coefficient (Wildman–Crippen LogP) is 0.568. The second kappa shape index (κ2) is 9.42. The Hall–Kier alpha value is 0.330. The van der Waals surface area contributed by atoms with Crippen molar-refractivity contribution in [1.82, 2.24) is 10.6 Å². The molecule has 1 unspecified atom stereocenters. The normalized spacial score (nSPS) is 11.7. The quantitative estimate of drug-likeness (QED) is 0.405. The Bertz CT molecular complexity index is 126. The van der Waals surface area contributed by atoms with Crippen LogP contribution < -0.4 is 10.6 Å². The van der Waals surface area contributed by atoms with E-state index in [1.54, 1.807) is 0 Å². The van der Waals surface area contributed by atoms with Crippen molar-refractivity contribution >= 4 is 18.6 Å². The lowest BCUT2D eigenvalue weighted by Gasteiger charge is -2.02. The van der Waals surface area contributed by atoms with Gasteiger partial charge in [-0.1, -0.05) is 0 Å². The summed E-state index contributed by atoms with van der Waals surface area (Å²) in [5.41, 5.74) is 0. The molecule has 0 aromatic rings. The molecule has 0 fully saturated rings. The van der Waals surface area contributed by atoms with Crippen molar-refractivity contribution in [3.8, 4) is 0 Å². The Balaban J connectivity index is 2.86. The molecule has 3 N–H and O–H groups in total. The zero-order valence-corrected chi connectivity index (χ0v) is 8.96. The maximum atomic E-state index is 10.2. The molecule has 0 heterocycles. The Kier molecular flexibility index (Phi) is 9.68. The summed E-state index contributed by atoms with van der Waals surface area (Å²) in [4.78, 5) is 8.43. The first kappa shape index (κ1) is 12.3. The van der Waals surface area contributed by atoms with E-state index in [4.69, 9.17) is 4.89 Å². The maximum absolute atomic E-state index is 10.2. The first-order valence-corrected chi connectivity index (χ1v) is 6.72. The van der Waals surface area contributed by atoms with E-state index in [1.165, 1.54) is 0 Å². The van der Waals surface area contributed by atoms with Gasteiger partial charge in [-0.05, 0) is 37.9 Å². The third kappa shape index (κ3) is 10.3. The molecule has 0 saturated heterocycles. The third-order valence-electron chi connectivity index (χ3n) is 1.26. The molecule has 4 nitrogen and oxygen atoms in total. The van der Waals surface area contributed by atoms with Crippen molar-refractivity contribution in [2.75, 3.05) is 32.4 Å². The van der Waals surface area contributed by atoms with Crippen molar-refractivity contribution in [3.05, 3.63) is 0 Å². The van der Waals surface area contributed by atoms with E-state index in [0.717, 1.165) is 37.4 Å². The summed E-state index contributed by atoms with van der Waals surface area (Å²) < 4.78 is 10.2. The highest BCUT2D eigenvalue weighted by Gasteiger charge is 1.93. The average molecular weight is 211 g/mol. The third-order valence-corrected chi connectivity index (χ3v) is 3.08. The van der Waals surface area contributed by atoms with Gasteiger partial charge in [0.05, 0.1) is 0 Å². The van der Waals surface area contributed by atoms with Gasteiger partial charge in [-0.15, -0.1) is 0 Å². The molecule has 0 saturated carbocycles. The van der Waals surface area contributed by atoms with Crippen LogP contribution in [0.3, 0.4) is 0 Å². The van der Waals surface area contributed by atoms with Gasteiger partial charge >= 0.3 is 0 Å². The van der Waals surface area contributed by atoms with E-state index in [0.29, 0.717) is 5.75 Å². The van der Waals surface area contributed by atoms with Crippen molar-refractivity contribution in [2.24, 2.45) is 0 Å². The van der Waals surface area contributed by atoms with E-state index in [-0.39, 0.29) is 0 Å². The Labute approximate surface area is 78.1 Å². The molecule has 0 bridgehead atoms. The van der Waals surface area contributed by atoms with Gasteiger partial charge in [-0.2, -0.15) is 0 Å². The van der Waals surface area contributed by atoms with E-state index in [9.17, 15) is 4.57 Å². The molecule has 73 valence electrons. The Morgan fingerprint density at radius 1 is 1.42 bits per heavy atom. The molecule has 1 atom stereocenters. The summed E-state index contributed by atoms with van der Waals surface area (Å²) in [6, 6.07) is 0. The van der Waals surface area contributed by atoms with Crippen LogP contribution in [0.4, 0.5) is 0 Å². The highest BCUT2D eigenvalue weighted by atomic mass is 32.7. The smallest absolute Gasteiger partial charge is 0.274 e. The van der Waals surface area contributed by atoms with Gasteiger partial charge in [0.2, 0.25) is 0 Å². The summed E-state index contributed by atoms with van der Waals surface area (Å²) in [5, 5.41) is 6.22. The van der Waals surface area contributed by atoms with Crippen LogP contribution in [-0.2, 0) is 4.57 Å². The van der Waals surface area contributed by atoms with Crippen LogP contribution in [0.15, 0.2) is 0 Å². The molecule has 0 spiro atoms. The minimum absolute atomic E-state index is 0.700. The number of hydrogen-bond donors (Lipinski definition) is 3. The summed E-state index contributed by atoms with van der Waals surface area (Å²) in [5.74, 6) is 0.700. The molecule has 0 aliphatic heterocycles.